The fourth-order valence-corrected chi connectivity index (χ4v) is 3.97. The van der Waals surface area contributed by atoms with Crippen molar-refractivity contribution in [3.05, 3.63) is 128 Å². The van der Waals surface area contributed by atoms with E-state index in [1.54, 1.807) is 0 Å². The van der Waals surface area contributed by atoms with Gasteiger partial charge in [-0.1, -0.05) is 94.7 Å². The minimum atomic E-state index is 0. The number of unbranched alkanes of at least 4 members (excludes halogenated alkanes) is 2. The topological polar surface area (TPSA) is 0 Å². The second-order valence-electron chi connectivity index (χ2n) is 9.02. The molecule has 0 atom stereocenters. The van der Waals surface area contributed by atoms with Crippen molar-refractivity contribution in [2.24, 2.45) is 0 Å². The smallest absolute Gasteiger partial charge is 0.343 e. The Morgan fingerprint density at radius 3 is 1.23 bits per heavy atom. The first-order valence-corrected chi connectivity index (χ1v) is 15.7. The number of hydrogen-bond donors (Lipinski definition) is 0. The second-order valence-corrected chi connectivity index (χ2v) is 10.1. The Labute approximate surface area is 261 Å². The predicted molar refractivity (Wildman–Crippen MR) is 176 cm³/mol. The van der Waals surface area contributed by atoms with Gasteiger partial charge in [-0.2, -0.15) is 25.0 Å². The van der Waals surface area contributed by atoms with Crippen molar-refractivity contribution < 1.29 is 26.2 Å². The first-order valence-electron chi connectivity index (χ1n) is 14.2. The molecule has 5 rings (SSSR count). The van der Waals surface area contributed by atoms with Gasteiger partial charge in [-0.05, 0) is 12.8 Å². The quantitative estimate of drug-likeness (QED) is 0.137. The van der Waals surface area contributed by atoms with Gasteiger partial charge in [0.1, 0.15) is 0 Å². The van der Waals surface area contributed by atoms with Crippen LogP contribution in [-0.4, -0.2) is 9.52 Å². The SMILES string of the molecule is CCc1cc2ccccc2[cH-]1.CCc1cc2ccccc2[cH-]1.C[Si]c1ccccc1.[CH2-]CCC.[CH2-]CCC.[Zr+4]. The van der Waals surface area contributed by atoms with Crippen LogP contribution >= 0.6 is 0 Å². The van der Waals surface area contributed by atoms with Gasteiger partial charge in [0.25, 0.3) is 0 Å². The van der Waals surface area contributed by atoms with E-state index >= 15 is 0 Å². The molecule has 0 bridgehead atoms. The van der Waals surface area contributed by atoms with E-state index in [0.717, 1.165) is 35.2 Å². The molecule has 5 aromatic rings. The van der Waals surface area contributed by atoms with Gasteiger partial charge in [0.2, 0.25) is 0 Å². The Bertz CT molecular complexity index is 1070. The molecule has 2 heteroatoms. The van der Waals surface area contributed by atoms with E-state index in [1.807, 2.05) is 6.07 Å². The van der Waals surface area contributed by atoms with Crippen LogP contribution in [0.2, 0.25) is 6.55 Å². The van der Waals surface area contributed by atoms with Gasteiger partial charge >= 0.3 is 26.2 Å². The monoisotopic (exact) mass is 610 g/mol. The maximum Gasteiger partial charge on any atom is 4.00 e. The summed E-state index contributed by atoms with van der Waals surface area (Å²) in [5.74, 6) is 0. The molecule has 0 aliphatic carbocycles. The summed E-state index contributed by atoms with van der Waals surface area (Å²) in [7, 11) is 0.930. The van der Waals surface area contributed by atoms with Gasteiger partial charge in [0.05, 0.1) is 9.52 Å². The third-order valence-electron chi connectivity index (χ3n) is 5.94. The molecule has 2 radical (unpaired) electrons. The summed E-state index contributed by atoms with van der Waals surface area (Å²) in [6.07, 6.45) is 6.82. The Hall–Kier alpha value is -2.02. The number of rotatable bonds is 5. The Balaban J connectivity index is 0.000000489. The Morgan fingerprint density at radius 1 is 0.590 bits per heavy atom. The van der Waals surface area contributed by atoms with E-state index in [2.05, 4.69) is 145 Å². The molecule has 0 saturated heterocycles. The largest absolute Gasteiger partial charge is 4.00 e. The fraction of sp³-hybridized carbons (Fsp3) is 0.297. The van der Waals surface area contributed by atoms with Crippen LogP contribution < -0.4 is 5.19 Å². The van der Waals surface area contributed by atoms with Crippen LogP contribution in [-0.2, 0) is 39.0 Å². The van der Waals surface area contributed by atoms with Gasteiger partial charge in [-0.15, -0.1) is 81.2 Å². The van der Waals surface area contributed by atoms with Crippen molar-refractivity contribution in [1.82, 2.24) is 0 Å². The summed E-state index contributed by atoms with van der Waals surface area (Å²) < 4.78 is 0. The molecule has 0 nitrogen and oxygen atoms in total. The molecule has 0 unspecified atom stereocenters. The van der Waals surface area contributed by atoms with Crippen molar-refractivity contribution in [3.63, 3.8) is 0 Å². The van der Waals surface area contributed by atoms with Crippen molar-refractivity contribution in [3.8, 4) is 0 Å². The molecule has 0 saturated carbocycles. The molecule has 0 aliphatic heterocycles. The Morgan fingerprint density at radius 2 is 0.949 bits per heavy atom. The van der Waals surface area contributed by atoms with Gasteiger partial charge in [-0.25, -0.2) is 0 Å². The standard InChI is InChI=1S/2C11H11.C7H8Si.2C4H9.Zr/c2*1-2-9-7-10-5-3-4-6-11(10)8-9;1-8-7-5-3-2-4-6-7;2*1-3-4-2;/h2*3-8H,2H2,1H3;2-6H,1H3;2*1,3-4H2,2H3;/q2*-1;;2*-1;+4. The second kappa shape index (κ2) is 23.8. The molecule has 0 amide bonds. The Kier molecular flexibility index (Phi) is 22.6. The molecule has 204 valence electrons. The van der Waals surface area contributed by atoms with E-state index in [1.165, 1.54) is 50.7 Å². The maximum atomic E-state index is 3.60. The van der Waals surface area contributed by atoms with Gasteiger partial charge < -0.3 is 13.8 Å². The van der Waals surface area contributed by atoms with Crippen molar-refractivity contribution in [1.29, 1.82) is 0 Å². The van der Waals surface area contributed by atoms with E-state index < -0.39 is 0 Å². The van der Waals surface area contributed by atoms with Crippen LogP contribution in [0.5, 0.6) is 0 Å². The maximum absolute atomic E-state index is 3.60. The predicted octanol–water partition coefficient (Wildman–Crippen LogP) is 10.5. The van der Waals surface area contributed by atoms with Gasteiger partial charge in [0.15, 0.2) is 0 Å². The number of hydrogen-bond acceptors (Lipinski definition) is 0. The molecule has 0 fully saturated rings. The van der Waals surface area contributed by atoms with E-state index in [4.69, 9.17) is 0 Å². The zero-order valence-corrected chi connectivity index (χ0v) is 28.4. The van der Waals surface area contributed by atoms with Crippen molar-refractivity contribution in [2.45, 2.75) is 72.8 Å². The van der Waals surface area contributed by atoms with Crippen molar-refractivity contribution >= 4 is 36.3 Å². The number of fused-ring (bicyclic) bond motifs is 2. The van der Waals surface area contributed by atoms with Crippen LogP contribution in [0.4, 0.5) is 0 Å². The van der Waals surface area contributed by atoms with Crippen LogP contribution in [0.15, 0.2) is 103 Å². The normalized spacial score (nSPS) is 9.41. The molecule has 39 heavy (non-hydrogen) atoms. The average Bonchev–Trinajstić information content (AvgIpc) is 3.62. The molecule has 5 aromatic carbocycles. The molecule has 0 aromatic heterocycles. The third-order valence-corrected chi connectivity index (χ3v) is 6.85. The van der Waals surface area contributed by atoms with E-state index in [-0.39, 0.29) is 26.2 Å². The summed E-state index contributed by atoms with van der Waals surface area (Å²) in [5, 5.41) is 6.90. The van der Waals surface area contributed by atoms with Crippen LogP contribution in [0.1, 0.15) is 64.5 Å². The molecule has 0 N–H and O–H groups in total. The van der Waals surface area contributed by atoms with Crippen molar-refractivity contribution in [2.75, 3.05) is 0 Å². The summed E-state index contributed by atoms with van der Waals surface area (Å²) in [5.41, 5.74) is 2.87. The third kappa shape index (κ3) is 15.4. The fourth-order valence-electron chi connectivity index (χ4n) is 3.44. The van der Waals surface area contributed by atoms with E-state index in [0.29, 0.717) is 0 Å². The molecule has 0 heterocycles. The van der Waals surface area contributed by atoms with Crippen LogP contribution in [0.3, 0.4) is 0 Å². The summed E-state index contributed by atoms with van der Waals surface area (Å²) in [6, 6.07) is 36.5. The van der Waals surface area contributed by atoms with E-state index in [9.17, 15) is 0 Å². The minimum Gasteiger partial charge on any atom is -0.343 e. The number of benzene rings is 3. The summed E-state index contributed by atoms with van der Waals surface area (Å²) >= 11 is 0. The summed E-state index contributed by atoms with van der Waals surface area (Å²) in [4.78, 5) is 0. The van der Waals surface area contributed by atoms with Gasteiger partial charge in [0, 0.05) is 0 Å². The summed E-state index contributed by atoms with van der Waals surface area (Å²) in [6.45, 7) is 18.0. The molecule has 0 spiro atoms. The first kappa shape index (κ1) is 37.0. The number of aryl methyl sites for hydroxylation is 2. The molecular weight excluding hydrogens is 564 g/mol. The minimum absolute atomic E-state index is 0. The zero-order chi connectivity index (χ0) is 28.0. The van der Waals surface area contributed by atoms with Crippen LogP contribution in [0.25, 0.3) is 21.5 Å². The van der Waals surface area contributed by atoms with Crippen LogP contribution in [0, 0.1) is 13.8 Å². The first-order chi connectivity index (χ1) is 18.6. The zero-order valence-electron chi connectivity index (χ0n) is 25.0. The molecular formula is C37H48SiZr. The molecule has 0 aliphatic rings. The van der Waals surface area contributed by atoms with Gasteiger partial charge in [-0.3, -0.25) is 0 Å². The average molecular weight is 612 g/mol.